The first-order chi connectivity index (χ1) is 9.74. The minimum absolute atomic E-state index is 0.230. The number of carbonyl (C=O) groups excluding carboxylic acids is 1. The molecule has 0 fully saturated rings. The van der Waals surface area contributed by atoms with Crippen molar-refractivity contribution in [3.05, 3.63) is 63.2 Å². The molecule has 1 aliphatic heterocycles. The van der Waals surface area contributed by atoms with Crippen molar-refractivity contribution in [2.45, 2.75) is 25.8 Å². The van der Waals surface area contributed by atoms with E-state index in [-0.39, 0.29) is 5.91 Å². The maximum atomic E-state index is 12.4. The Hall–Kier alpha value is -1.36. The summed E-state index contributed by atoms with van der Waals surface area (Å²) < 4.78 is 1.22. The van der Waals surface area contributed by atoms with Crippen molar-refractivity contribution in [2.75, 3.05) is 4.90 Å². The van der Waals surface area contributed by atoms with Crippen molar-refractivity contribution in [3.63, 3.8) is 0 Å². The lowest BCUT2D eigenvalue weighted by molar-refractivity contribution is -0.118. The van der Waals surface area contributed by atoms with Gasteiger partial charge in [-0.05, 0) is 64.8 Å². The summed E-state index contributed by atoms with van der Waals surface area (Å²) in [7, 11) is 0. The van der Waals surface area contributed by atoms with Gasteiger partial charge in [0.05, 0.1) is 6.54 Å². The van der Waals surface area contributed by atoms with Crippen LogP contribution in [0.1, 0.15) is 24.0 Å². The van der Waals surface area contributed by atoms with Crippen LogP contribution >= 0.6 is 22.6 Å². The van der Waals surface area contributed by atoms with E-state index in [4.69, 9.17) is 0 Å². The van der Waals surface area contributed by atoms with Crippen molar-refractivity contribution < 1.29 is 4.79 Å². The van der Waals surface area contributed by atoms with Crippen LogP contribution in [0, 0.1) is 3.57 Å². The molecule has 2 aromatic carbocycles. The molecule has 0 atom stereocenters. The topological polar surface area (TPSA) is 20.3 Å². The van der Waals surface area contributed by atoms with Gasteiger partial charge >= 0.3 is 0 Å². The van der Waals surface area contributed by atoms with Crippen LogP contribution < -0.4 is 4.90 Å². The van der Waals surface area contributed by atoms with Crippen LogP contribution in [0.3, 0.4) is 0 Å². The summed E-state index contributed by atoms with van der Waals surface area (Å²) in [5.41, 5.74) is 3.54. The van der Waals surface area contributed by atoms with Crippen LogP contribution in [0.5, 0.6) is 0 Å². The maximum absolute atomic E-state index is 12.4. The zero-order chi connectivity index (χ0) is 13.9. The Balaban J connectivity index is 1.94. The number of nitrogens with zero attached hydrogens (tertiary/aromatic N) is 1. The number of para-hydroxylation sites is 1. The number of anilines is 1. The van der Waals surface area contributed by atoms with Gasteiger partial charge in [-0.15, -0.1) is 0 Å². The first-order valence-electron chi connectivity index (χ1n) is 6.87. The van der Waals surface area contributed by atoms with Gasteiger partial charge in [-0.25, -0.2) is 0 Å². The number of hydrogen-bond donors (Lipinski definition) is 0. The van der Waals surface area contributed by atoms with Crippen molar-refractivity contribution in [1.82, 2.24) is 0 Å². The first-order valence-corrected chi connectivity index (χ1v) is 7.94. The lowest BCUT2D eigenvalue weighted by Gasteiger charge is -2.23. The molecule has 0 unspecified atom stereocenters. The molecule has 0 spiro atoms. The molecule has 2 aromatic rings. The number of aryl methyl sites for hydroxylation is 1. The highest BCUT2D eigenvalue weighted by Gasteiger charge is 2.21. The number of fused-ring (bicyclic) bond motifs is 1. The van der Waals surface area contributed by atoms with E-state index in [2.05, 4.69) is 65.1 Å². The second-order valence-electron chi connectivity index (χ2n) is 5.09. The largest absolute Gasteiger partial charge is 0.308 e. The fourth-order valence-corrected chi connectivity index (χ4v) is 2.99. The predicted molar refractivity (Wildman–Crippen MR) is 89.7 cm³/mol. The minimum Gasteiger partial charge on any atom is -0.308 e. The molecule has 0 bridgehead atoms. The van der Waals surface area contributed by atoms with Crippen LogP contribution in [-0.4, -0.2) is 5.91 Å². The molecule has 0 saturated heterocycles. The highest BCUT2D eigenvalue weighted by Crippen LogP contribution is 2.28. The molecule has 3 heteroatoms. The Morgan fingerprint density at radius 1 is 1.00 bits per heavy atom. The molecule has 1 heterocycles. The molecule has 0 saturated carbocycles. The number of rotatable bonds is 2. The van der Waals surface area contributed by atoms with Gasteiger partial charge in [0, 0.05) is 15.7 Å². The van der Waals surface area contributed by atoms with E-state index in [9.17, 15) is 4.79 Å². The molecular formula is C17H16INO. The summed E-state index contributed by atoms with van der Waals surface area (Å²) in [4.78, 5) is 14.3. The summed E-state index contributed by atoms with van der Waals surface area (Å²) in [5.74, 6) is 0.230. The second-order valence-corrected chi connectivity index (χ2v) is 6.33. The van der Waals surface area contributed by atoms with Crippen LogP contribution in [0.25, 0.3) is 0 Å². The SMILES string of the molecule is O=C1CCCc2ccccc2N1Cc1ccc(I)cc1. The summed E-state index contributed by atoms with van der Waals surface area (Å²) in [6.07, 6.45) is 2.57. The smallest absolute Gasteiger partial charge is 0.227 e. The van der Waals surface area contributed by atoms with Gasteiger partial charge in [-0.3, -0.25) is 4.79 Å². The number of amides is 1. The Labute approximate surface area is 132 Å². The third kappa shape index (κ3) is 2.87. The summed E-state index contributed by atoms with van der Waals surface area (Å²) in [6.45, 7) is 0.659. The zero-order valence-corrected chi connectivity index (χ0v) is 13.3. The third-order valence-electron chi connectivity index (χ3n) is 3.67. The Morgan fingerprint density at radius 3 is 2.55 bits per heavy atom. The average molecular weight is 377 g/mol. The lowest BCUT2D eigenvalue weighted by atomic mass is 10.1. The van der Waals surface area contributed by atoms with Gasteiger partial charge in [0.2, 0.25) is 5.91 Å². The lowest BCUT2D eigenvalue weighted by Crippen LogP contribution is -2.29. The summed E-state index contributed by atoms with van der Waals surface area (Å²) in [5, 5.41) is 0. The molecule has 3 rings (SSSR count). The van der Waals surface area contributed by atoms with Crippen molar-refractivity contribution in [2.24, 2.45) is 0 Å². The number of hydrogen-bond acceptors (Lipinski definition) is 1. The van der Waals surface area contributed by atoms with E-state index in [0.29, 0.717) is 13.0 Å². The minimum atomic E-state index is 0.230. The van der Waals surface area contributed by atoms with Crippen LogP contribution in [0.4, 0.5) is 5.69 Å². The molecular weight excluding hydrogens is 361 g/mol. The van der Waals surface area contributed by atoms with E-state index in [0.717, 1.165) is 18.5 Å². The molecule has 0 radical (unpaired) electrons. The Kier molecular flexibility index (Phi) is 4.05. The number of carbonyl (C=O) groups is 1. The fraction of sp³-hybridized carbons (Fsp3) is 0.235. The van der Waals surface area contributed by atoms with Crippen LogP contribution in [-0.2, 0) is 17.8 Å². The highest BCUT2D eigenvalue weighted by atomic mass is 127. The monoisotopic (exact) mass is 377 g/mol. The molecule has 102 valence electrons. The van der Waals surface area contributed by atoms with E-state index in [1.807, 2.05) is 11.0 Å². The highest BCUT2D eigenvalue weighted by molar-refractivity contribution is 14.1. The van der Waals surface area contributed by atoms with E-state index < -0.39 is 0 Å². The standard InChI is InChI=1S/C17H16INO/c18-15-10-8-13(9-11-15)12-19-16-6-2-1-4-14(16)5-3-7-17(19)20/h1-2,4,6,8-11H,3,5,7,12H2. The Bertz CT molecular complexity index is 621. The molecule has 1 amide bonds. The van der Waals surface area contributed by atoms with Crippen LogP contribution in [0.2, 0.25) is 0 Å². The number of benzene rings is 2. The predicted octanol–water partition coefficient (Wildman–Crippen LogP) is 4.16. The number of halogens is 1. The van der Waals surface area contributed by atoms with Crippen molar-refractivity contribution in [3.8, 4) is 0 Å². The van der Waals surface area contributed by atoms with E-state index in [1.54, 1.807) is 0 Å². The normalized spacial score (nSPS) is 14.8. The van der Waals surface area contributed by atoms with E-state index in [1.165, 1.54) is 14.7 Å². The summed E-state index contributed by atoms with van der Waals surface area (Å²) >= 11 is 2.30. The van der Waals surface area contributed by atoms with Gasteiger partial charge in [0.1, 0.15) is 0 Å². The summed E-state index contributed by atoms with van der Waals surface area (Å²) in [6, 6.07) is 16.6. The van der Waals surface area contributed by atoms with Gasteiger partial charge in [0.15, 0.2) is 0 Å². The van der Waals surface area contributed by atoms with Crippen LogP contribution in [0.15, 0.2) is 48.5 Å². The Morgan fingerprint density at radius 2 is 1.75 bits per heavy atom. The van der Waals surface area contributed by atoms with Gasteiger partial charge in [-0.1, -0.05) is 30.3 Å². The van der Waals surface area contributed by atoms with Crippen molar-refractivity contribution in [1.29, 1.82) is 0 Å². The molecule has 0 aliphatic carbocycles. The fourth-order valence-electron chi connectivity index (χ4n) is 2.63. The molecule has 0 N–H and O–H groups in total. The average Bonchev–Trinajstić information content (AvgIpc) is 2.62. The quantitative estimate of drug-likeness (QED) is 0.720. The van der Waals surface area contributed by atoms with Gasteiger partial charge < -0.3 is 4.90 Å². The third-order valence-corrected chi connectivity index (χ3v) is 4.39. The maximum Gasteiger partial charge on any atom is 0.227 e. The molecule has 1 aliphatic rings. The first kappa shape index (κ1) is 13.6. The van der Waals surface area contributed by atoms with Gasteiger partial charge in [-0.2, -0.15) is 0 Å². The second kappa shape index (κ2) is 5.95. The van der Waals surface area contributed by atoms with E-state index >= 15 is 0 Å². The molecule has 0 aromatic heterocycles. The molecule has 20 heavy (non-hydrogen) atoms. The van der Waals surface area contributed by atoms with Crippen molar-refractivity contribution >= 4 is 34.2 Å². The molecule has 2 nitrogen and oxygen atoms in total. The zero-order valence-electron chi connectivity index (χ0n) is 11.2. The van der Waals surface area contributed by atoms with Gasteiger partial charge in [0.25, 0.3) is 0 Å².